The summed E-state index contributed by atoms with van der Waals surface area (Å²) in [5.41, 5.74) is 28.2. The maximum absolute atomic E-state index is 2.69. The molecule has 0 radical (unpaired) electrons. The Hall–Kier alpha value is -10.7. The SMILES string of the molecule is CCCc1cc(N(c2ccc3c(c2)c2ccccc2n3-c2ccc(-c3ccccc3)cc2)c2cccc3c2CCCC3)c2ccc3c(CCC)cc(N(c4ccc5c(c4)c4ccccc4n5-c4ccc(-c5ccccc5)cc4)c4cccc5c4CCCC5)c4ccc1c2c34. The Labute approximate surface area is 550 Å². The van der Waals surface area contributed by atoms with Crippen LogP contribution in [0.15, 0.2) is 267 Å². The van der Waals surface area contributed by atoms with Gasteiger partial charge < -0.3 is 18.9 Å². The fourth-order valence-electron chi connectivity index (χ4n) is 16.8. The van der Waals surface area contributed by atoms with Gasteiger partial charge in [-0.2, -0.15) is 0 Å². The molecule has 4 heteroatoms. The molecule has 94 heavy (non-hydrogen) atoms. The molecular formula is C90H74N4. The van der Waals surface area contributed by atoms with E-state index in [0.29, 0.717) is 0 Å². The molecule has 14 aromatic carbocycles. The number of hydrogen-bond donors (Lipinski definition) is 0. The smallest absolute Gasteiger partial charge is 0.0543 e. The number of para-hydroxylation sites is 2. The summed E-state index contributed by atoms with van der Waals surface area (Å²) >= 11 is 0. The summed E-state index contributed by atoms with van der Waals surface area (Å²) in [7, 11) is 0. The number of fused-ring (bicyclic) bond motifs is 8. The highest BCUT2D eigenvalue weighted by atomic mass is 15.2. The van der Waals surface area contributed by atoms with Gasteiger partial charge in [-0.1, -0.05) is 197 Å². The summed E-state index contributed by atoms with van der Waals surface area (Å²) in [6.07, 6.45) is 13.2. The van der Waals surface area contributed by atoms with Crippen LogP contribution in [-0.4, -0.2) is 9.13 Å². The lowest BCUT2D eigenvalue weighted by molar-refractivity contribution is 0.686. The molecular weight excluding hydrogens is 1140 g/mol. The minimum Gasteiger partial charge on any atom is -0.310 e. The minimum atomic E-state index is 0.971. The van der Waals surface area contributed by atoms with Crippen LogP contribution in [0.5, 0.6) is 0 Å². The van der Waals surface area contributed by atoms with E-state index in [1.54, 1.807) is 0 Å². The Morgan fingerprint density at radius 3 is 1.11 bits per heavy atom. The fourth-order valence-corrected chi connectivity index (χ4v) is 16.8. The third-order valence-electron chi connectivity index (χ3n) is 21.1. The quantitative estimate of drug-likeness (QED) is 0.101. The molecule has 18 rings (SSSR count). The Balaban J connectivity index is 0.868. The van der Waals surface area contributed by atoms with Crippen LogP contribution >= 0.6 is 0 Å². The minimum absolute atomic E-state index is 0.971. The van der Waals surface area contributed by atoms with E-state index in [0.717, 1.165) is 62.7 Å². The molecule has 2 aromatic heterocycles. The molecule has 454 valence electrons. The Morgan fingerprint density at radius 1 is 0.287 bits per heavy atom. The Kier molecular flexibility index (Phi) is 13.8. The van der Waals surface area contributed by atoms with Crippen LogP contribution in [-0.2, 0) is 38.5 Å². The van der Waals surface area contributed by atoms with Crippen molar-refractivity contribution < 1.29 is 0 Å². The average Bonchev–Trinajstić information content (AvgIpc) is 0.864. The number of aromatic nitrogens is 2. The van der Waals surface area contributed by atoms with Gasteiger partial charge >= 0.3 is 0 Å². The van der Waals surface area contributed by atoms with Gasteiger partial charge in [0.25, 0.3) is 0 Å². The van der Waals surface area contributed by atoms with Crippen molar-refractivity contribution in [2.45, 2.75) is 90.9 Å². The number of anilines is 6. The standard InChI is InChI=1S/C90H74N4/c1-3-21-65-55-87(93(81-37-19-29-63-27-11-13-31-71(63)81)69-47-53-85-79(57-69)75-33-15-17-35-83(75)91(85)67-43-39-61(40-44-67)59-23-7-5-8-24-59)77-52-50-74-66(22-4-2)56-88(78-51-49-73(65)89(77)90(74)78)94(82-38-20-30-64-28-12-14-32-72(64)82)70-48-54-86-80(58-70)76-34-16-18-36-84(76)92(86)68-45-41-62(42-46-68)60-25-9-6-10-26-60/h5-10,15-20,23-26,29-30,33-58H,3-4,11-14,21-22,27-28,31-32H2,1-2H3. The highest BCUT2D eigenvalue weighted by Gasteiger charge is 2.30. The van der Waals surface area contributed by atoms with E-state index >= 15 is 0 Å². The molecule has 0 unspecified atom stereocenters. The molecule has 4 nitrogen and oxygen atoms in total. The van der Waals surface area contributed by atoms with Gasteiger partial charge in [0, 0.05) is 66.4 Å². The lowest BCUT2D eigenvalue weighted by Gasteiger charge is -2.33. The summed E-state index contributed by atoms with van der Waals surface area (Å²) in [6, 6.07) is 102. The zero-order chi connectivity index (χ0) is 62.4. The van der Waals surface area contributed by atoms with Crippen LogP contribution in [0.25, 0.3) is 110 Å². The second-order valence-corrected chi connectivity index (χ2v) is 26.5. The maximum atomic E-state index is 2.69. The summed E-state index contributed by atoms with van der Waals surface area (Å²) in [4.78, 5) is 5.38. The van der Waals surface area contributed by atoms with Crippen molar-refractivity contribution in [1.29, 1.82) is 0 Å². The zero-order valence-corrected chi connectivity index (χ0v) is 53.7. The number of benzene rings is 14. The van der Waals surface area contributed by atoms with Gasteiger partial charge in [-0.25, -0.2) is 0 Å². The molecule has 0 saturated heterocycles. The van der Waals surface area contributed by atoms with E-state index in [2.05, 4.69) is 300 Å². The molecule has 2 heterocycles. The zero-order valence-electron chi connectivity index (χ0n) is 53.7. The van der Waals surface area contributed by atoms with Crippen LogP contribution in [0.2, 0.25) is 0 Å². The van der Waals surface area contributed by atoms with Crippen molar-refractivity contribution in [3.8, 4) is 33.6 Å². The highest BCUT2D eigenvalue weighted by molar-refractivity contribution is 6.30. The summed E-state index contributed by atoms with van der Waals surface area (Å²) in [5.74, 6) is 0. The maximum Gasteiger partial charge on any atom is 0.0543 e. The molecule has 0 N–H and O–H groups in total. The highest BCUT2D eigenvalue weighted by Crippen LogP contribution is 2.53. The van der Waals surface area contributed by atoms with Crippen LogP contribution in [0.4, 0.5) is 34.1 Å². The molecule has 2 aliphatic rings. The summed E-state index contributed by atoms with van der Waals surface area (Å²) < 4.78 is 4.94. The van der Waals surface area contributed by atoms with Crippen molar-refractivity contribution in [2.75, 3.05) is 9.80 Å². The largest absolute Gasteiger partial charge is 0.310 e. The lowest BCUT2D eigenvalue weighted by Crippen LogP contribution is -2.17. The van der Waals surface area contributed by atoms with Crippen LogP contribution in [0.3, 0.4) is 0 Å². The van der Waals surface area contributed by atoms with Gasteiger partial charge in [0.05, 0.1) is 33.4 Å². The van der Waals surface area contributed by atoms with Gasteiger partial charge in [-0.3, -0.25) is 0 Å². The van der Waals surface area contributed by atoms with Gasteiger partial charge in [-0.15, -0.1) is 0 Å². The number of aryl methyl sites for hydroxylation is 4. The Bertz CT molecular complexity index is 5230. The first kappa shape index (κ1) is 56.1. The first-order chi connectivity index (χ1) is 46.6. The van der Waals surface area contributed by atoms with Gasteiger partial charge in [0.2, 0.25) is 0 Å². The van der Waals surface area contributed by atoms with E-state index in [4.69, 9.17) is 0 Å². The van der Waals surface area contributed by atoms with E-state index in [1.165, 1.54) is 191 Å². The molecule has 16 aromatic rings. The normalized spacial score (nSPS) is 13.3. The predicted octanol–water partition coefficient (Wildman–Crippen LogP) is 24.7. The van der Waals surface area contributed by atoms with Crippen molar-refractivity contribution >= 4 is 110 Å². The van der Waals surface area contributed by atoms with E-state index in [9.17, 15) is 0 Å². The average molecular weight is 1210 g/mol. The molecule has 0 amide bonds. The summed E-state index contributed by atoms with van der Waals surface area (Å²) in [5, 5.41) is 13.0. The fraction of sp³-hybridized carbons (Fsp3) is 0.156. The molecule has 0 fully saturated rings. The van der Waals surface area contributed by atoms with Crippen molar-refractivity contribution in [3.63, 3.8) is 0 Å². The molecule has 0 aliphatic heterocycles. The Morgan fingerprint density at radius 2 is 0.670 bits per heavy atom. The second kappa shape index (κ2) is 23.2. The van der Waals surface area contributed by atoms with Gasteiger partial charge in [-0.05, 0) is 238 Å². The van der Waals surface area contributed by atoms with E-state index < -0.39 is 0 Å². The van der Waals surface area contributed by atoms with Crippen molar-refractivity contribution in [1.82, 2.24) is 9.13 Å². The van der Waals surface area contributed by atoms with Crippen molar-refractivity contribution in [3.05, 3.63) is 300 Å². The molecule has 0 bridgehead atoms. The van der Waals surface area contributed by atoms with Gasteiger partial charge in [0.15, 0.2) is 0 Å². The second-order valence-electron chi connectivity index (χ2n) is 26.5. The molecule has 0 saturated carbocycles. The number of rotatable bonds is 14. The van der Waals surface area contributed by atoms with Gasteiger partial charge in [0.1, 0.15) is 0 Å². The van der Waals surface area contributed by atoms with Crippen LogP contribution in [0.1, 0.15) is 85.8 Å². The van der Waals surface area contributed by atoms with E-state index in [-0.39, 0.29) is 0 Å². The first-order valence-electron chi connectivity index (χ1n) is 34.5. The topological polar surface area (TPSA) is 16.3 Å². The number of hydrogen-bond acceptors (Lipinski definition) is 2. The molecule has 0 spiro atoms. The molecule has 2 aliphatic carbocycles. The van der Waals surface area contributed by atoms with Crippen LogP contribution in [0, 0.1) is 0 Å². The monoisotopic (exact) mass is 1210 g/mol. The third-order valence-corrected chi connectivity index (χ3v) is 21.1. The third kappa shape index (κ3) is 9.16. The van der Waals surface area contributed by atoms with E-state index in [1.807, 2.05) is 0 Å². The van der Waals surface area contributed by atoms with Crippen molar-refractivity contribution in [2.24, 2.45) is 0 Å². The summed E-state index contributed by atoms with van der Waals surface area (Å²) in [6.45, 7) is 4.71. The lowest BCUT2D eigenvalue weighted by atomic mass is 9.85. The first-order valence-corrected chi connectivity index (χ1v) is 34.5. The number of nitrogens with zero attached hydrogens (tertiary/aromatic N) is 4. The van der Waals surface area contributed by atoms with Crippen LogP contribution < -0.4 is 9.80 Å². The predicted molar refractivity (Wildman–Crippen MR) is 400 cm³/mol. The molecule has 0 atom stereocenters.